The minimum Gasteiger partial charge on any atom is -0.368 e. The van der Waals surface area contributed by atoms with Crippen LogP contribution in [0.2, 0.25) is 0 Å². The fraction of sp³-hybridized carbons (Fsp3) is 0.0833. The van der Waals surface area contributed by atoms with E-state index in [-0.39, 0.29) is 0 Å². The summed E-state index contributed by atoms with van der Waals surface area (Å²) < 4.78 is 1.76. The third-order valence-corrected chi connectivity index (χ3v) is 3.43. The van der Waals surface area contributed by atoms with E-state index in [1.165, 1.54) is 11.8 Å². The Bertz CT molecular complexity index is 707. The van der Waals surface area contributed by atoms with Crippen molar-refractivity contribution in [2.24, 2.45) is 7.05 Å². The molecular weight excluding hydrogens is 246 g/mol. The zero-order chi connectivity index (χ0) is 12.5. The molecule has 0 atom stereocenters. The average Bonchev–Trinajstić information content (AvgIpc) is 2.74. The third-order valence-electron chi connectivity index (χ3n) is 2.48. The first kappa shape index (κ1) is 11.0. The van der Waals surface area contributed by atoms with Crippen LogP contribution in [0.15, 0.2) is 46.6 Å². The first-order chi connectivity index (χ1) is 8.72. The van der Waals surface area contributed by atoms with Crippen LogP contribution in [0, 0.1) is 0 Å². The molecule has 18 heavy (non-hydrogen) atoms. The van der Waals surface area contributed by atoms with Crippen molar-refractivity contribution < 1.29 is 0 Å². The highest BCUT2D eigenvalue weighted by atomic mass is 32.2. The van der Waals surface area contributed by atoms with Crippen molar-refractivity contribution in [1.82, 2.24) is 19.7 Å². The largest absolute Gasteiger partial charge is 0.368 e. The number of nitrogens with two attached hydrogens (primary N) is 1. The van der Waals surface area contributed by atoms with E-state index >= 15 is 0 Å². The second kappa shape index (κ2) is 4.30. The molecule has 0 fully saturated rings. The minimum absolute atomic E-state index is 0.292. The number of anilines is 1. The maximum Gasteiger partial charge on any atom is 0.221 e. The number of hydrogen-bond donors (Lipinski definition) is 1. The summed E-state index contributed by atoms with van der Waals surface area (Å²) in [6.07, 6.45) is 3.75. The van der Waals surface area contributed by atoms with Gasteiger partial charge in [0.25, 0.3) is 0 Å². The molecule has 0 spiro atoms. The van der Waals surface area contributed by atoms with Gasteiger partial charge in [-0.25, -0.2) is 9.97 Å². The lowest BCUT2D eigenvalue weighted by Crippen LogP contribution is -1.96. The van der Waals surface area contributed by atoms with Gasteiger partial charge in [0.05, 0.1) is 16.6 Å². The molecule has 0 radical (unpaired) electrons. The molecule has 0 saturated heterocycles. The van der Waals surface area contributed by atoms with Gasteiger partial charge in [-0.15, -0.1) is 0 Å². The summed E-state index contributed by atoms with van der Waals surface area (Å²) >= 11 is 1.54. The fourth-order valence-electron chi connectivity index (χ4n) is 1.71. The first-order valence-electron chi connectivity index (χ1n) is 5.41. The number of rotatable bonds is 2. The van der Waals surface area contributed by atoms with Crippen LogP contribution >= 0.6 is 11.8 Å². The van der Waals surface area contributed by atoms with Crippen molar-refractivity contribution >= 4 is 28.6 Å². The molecule has 2 aromatic heterocycles. The van der Waals surface area contributed by atoms with E-state index in [9.17, 15) is 0 Å². The number of aryl methyl sites for hydroxylation is 1. The van der Waals surface area contributed by atoms with Gasteiger partial charge in [0.15, 0.2) is 0 Å². The van der Waals surface area contributed by atoms with Gasteiger partial charge in [0.2, 0.25) is 5.95 Å². The lowest BCUT2D eigenvalue weighted by Gasteiger charge is -2.04. The van der Waals surface area contributed by atoms with E-state index in [0.29, 0.717) is 5.95 Å². The molecule has 5 nitrogen and oxygen atoms in total. The number of nitrogen functional groups attached to an aromatic ring is 1. The van der Waals surface area contributed by atoms with E-state index in [0.717, 1.165) is 20.8 Å². The van der Waals surface area contributed by atoms with Crippen LogP contribution in [0.1, 0.15) is 0 Å². The summed E-state index contributed by atoms with van der Waals surface area (Å²) in [6.45, 7) is 0. The first-order valence-corrected chi connectivity index (χ1v) is 6.23. The molecule has 3 rings (SSSR count). The summed E-state index contributed by atoms with van der Waals surface area (Å²) in [5.41, 5.74) is 6.58. The lowest BCUT2D eigenvalue weighted by molar-refractivity contribution is 0.766. The standard InChI is InChI=1S/C12H11N5S/c1-17-7-8(6-14-17)18-11-9-4-2-3-5-10(9)15-12(13)16-11/h2-7H,1H3,(H2,13,15,16). The van der Waals surface area contributed by atoms with Crippen molar-refractivity contribution in [2.45, 2.75) is 9.92 Å². The smallest absolute Gasteiger partial charge is 0.221 e. The van der Waals surface area contributed by atoms with Crippen LogP contribution in [-0.4, -0.2) is 19.7 Å². The molecular formula is C12H11N5S. The van der Waals surface area contributed by atoms with E-state index in [4.69, 9.17) is 5.73 Å². The highest BCUT2D eigenvalue weighted by molar-refractivity contribution is 7.99. The van der Waals surface area contributed by atoms with Gasteiger partial charge in [-0.2, -0.15) is 5.10 Å². The zero-order valence-electron chi connectivity index (χ0n) is 9.74. The molecule has 0 aliphatic rings. The summed E-state index contributed by atoms with van der Waals surface area (Å²) in [5, 5.41) is 5.99. The topological polar surface area (TPSA) is 69.6 Å². The monoisotopic (exact) mass is 257 g/mol. The van der Waals surface area contributed by atoms with Gasteiger partial charge in [-0.05, 0) is 6.07 Å². The second-order valence-electron chi connectivity index (χ2n) is 3.86. The normalized spacial score (nSPS) is 10.9. The lowest BCUT2D eigenvalue weighted by atomic mass is 10.2. The van der Waals surface area contributed by atoms with Crippen molar-refractivity contribution in [3.05, 3.63) is 36.7 Å². The Labute approximate surface area is 108 Å². The van der Waals surface area contributed by atoms with E-state index in [1.807, 2.05) is 37.5 Å². The molecule has 0 aliphatic carbocycles. The van der Waals surface area contributed by atoms with Crippen LogP contribution in [-0.2, 0) is 7.05 Å². The number of para-hydroxylation sites is 1. The number of fused-ring (bicyclic) bond motifs is 1. The molecule has 1 aromatic carbocycles. The molecule has 6 heteroatoms. The Morgan fingerprint density at radius 3 is 2.83 bits per heavy atom. The Hall–Kier alpha value is -2.08. The van der Waals surface area contributed by atoms with Gasteiger partial charge < -0.3 is 5.73 Å². The summed E-state index contributed by atoms with van der Waals surface area (Å²) in [4.78, 5) is 9.54. The number of aromatic nitrogens is 4. The molecule has 0 unspecified atom stereocenters. The van der Waals surface area contributed by atoms with Crippen molar-refractivity contribution in [2.75, 3.05) is 5.73 Å². The molecule has 2 N–H and O–H groups in total. The highest BCUT2D eigenvalue weighted by Gasteiger charge is 2.08. The maximum atomic E-state index is 5.73. The highest BCUT2D eigenvalue weighted by Crippen LogP contribution is 2.31. The molecule has 0 aliphatic heterocycles. The van der Waals surface area contributed by atoms with Gasteiger partial charge in [-0.3, -0.25) is 4.68 Å². The summed E-state index contributed by atoms with van der Waals surface area (Å²) in [7, 11) is 1.89. The summed E-state index contributed by atoms with van der Waals surface area (Å²) in [5.74, 6) is 0.292. The van der Waals surface area contributed by atoms with E-state index in [1.54, 1.807) is 10.9 Å². The Kier molecular flexibility index (Phi) is 2.64. The van der Waals surface area contributed by atoms with Crippen molar-refractivity contribution in [3.8, 4) is 0 Å². The van der Waals surface area contributed by atoms with E-state index in [2.05, 4.69) is 15.1 Å². The molecule has 0 amide bonds. The van der Waals surface area contributed by atoms with Crippen LogP contribution in [0.4, 0.5) is 5.95 Å². The maximum absolute atomic E-state index is 5.73. The van der Waals surface area contributed by atoms with Gasteiger partial charge >= 0.3 is 0 Å². The van der Waals surface area contributed by atoms with Crippen LogP contribution < -0.4 is 5.73 Å². The number of benzene rings is 1. The SMILES string of the molecule is Cn1cc(Sc2nc(N)nc3ccccc23)cn1. The molecule has 0 bridgehead atoms. The zero-order valence-corrected chi connectivity index (χ0v) is 10.6. The molecule has 3 aromatic rings. The fourth-order valence-corrected chi connectivity index (χ4v) is 2.66. The quantitative estimate of drug-likeness (QED) is 0.712. The Balaban J connectivity index is 2.10. The number of nitrogens with zero attached hydrogens (tertiary/aromatic N) is 4. The molecule has 2 heterocycles. The predicted octanol–water partition coefficient (Wildman–Crippen LogP) is 2.10. The van der Waals surface area contributed by atoms with Crippen LogP contribution in [0.25, 0.3) is 10.9 Å². The van der Waals surface area contributed by atoms with E-state index < -0.39 is 0 Å². The van der Waals surface area contributed by atoms with Crippen LogP contribution in [0.5, 0.6) is 0 Å². The van der Waals surface area contributed by atoms with Gasteiger partial charge in [-0.1, -0.05) is 30.0 Å². The summed E-state index contributed by atoms with van der Waals surface area (Å²) in [6, 6.07) is 7.83. The van der Waals surface area contributed by atoms with Crippen molar-refractivity contribution in [1.29, 1.82) is 0 Å². The Morgan fingerprint density at radius 1 is 1.22 bits per heavy atom. The van der Waals surface area contributed by atoms with Crippen molar-refractivity contribution in [3.63, 3.8) is 0 Å². The number of hydrogen-bond acceptors (Lipinski definition) is 5. The average molecular weight is 257 g/mol. The minimum atomic E-state index is 0.292. The van der Waals surface area contributed by atoms with Gasteiger partial charge in [0, 0.05) is 18.6 Å². The second-order valence-corrected chi connectivity index (χ2v) is 4.92. The predicted molar refractivity (Wildman–Crippen MR) is 71.3 cm³/mol. The van der Waals surface area contributed by atoms with Gasteiger partial charge in [0.1, 0.15) is 5.03 Å². The Morgan fingerprint density at radius 2 is 2.06 bits per heavy atom. The molecule has 0 saturated carbocycles. The van der Waals surface area contributed by atoms with Crippen LogP contribution in [0.3, 0.4) is 0 Å². The third kappa shape index (κ3) is 2.02. The molecule has 90 valence electrons.